The van der Waals surface area contributed by atoms with Gasteiger partial charge in [-0.3, -0.25) is 0 Å². The summed E-state index contributed by atoms with van der Waals surface area (Å²) in [6.45, 7) is 0. The second-order valence-corrected chi connectivity index (χ2v) is 11.4. The van der Waals surface area contributed by atoms with E-state index >= 15 is 0 Å². The molecule has 0 aliphatic heterocycles. The van der Waals surface area contributed by atoms with Crippen molar-refractivity contribution in [1.29, 1.82) is 0 Å². The Labute approximate surface area is 218 Å². The molecule has 0 radical (unpaired) electrons. The predicted molar refractivity (Wildman–Crippen MR) is 152 cm³/mol. The van der Waals surface area contributed by atoms with Crippen LogP contribution in [-0.4, -0.2) is 0 Å². The second-order valence-electron chi connectivity index (χ2n) is 10.5. The van der Waals surface area contributed by atoms with Crippen LogP contribution in [-0.2, 0) is 5.41 Å². The van der Waals surface area contributed by atoms with Crippen LogP contribution >= 0.6 is 15.9 Å². The van der Waals surface area contributed by atoms with E-state index in [-0.39, 0.29) is 5.41 Å². The Balaban J connectivity index is 1.42. The second kappa shape index (κ2) is 6.55. The third-order valence-electron chi connectivity index (χ3n) is 9.22. The van der Waals surface area contributed by atoms with Crippen LogP contribution in [0.1, 0.15) is 45.2 Å². The summed E-state index contributed by atoms with van der Waals surface area (Å²) in [4.78, 5) is 0. The van der Waals surface area contributed by atoms with Gasteiger partial charge in [0.05, 0.1) is 0 Å². The van der Waals surface area contributed by atoms with Gasteiger partial charge in [-0.15, -0.1) is 0 Å². The van der Waals surface area contributed by atoms with E-state index in [1.165, 1.54) is 70.5 Å². The summed E-state index contributed by atoms with van der Waals surface area (Å²) in [6.07, 6.45) is 0. The van der Waals surface area contributed by atoms with Gasteiger partial charge in [0, 0.05) is 21.7 Å². The van der Waals surface area contributed by atoms with Gasteiger partial charge in [0.2, 0.25) is 0 Å². The van der Waals surface area contributed by atoms with E-state index in [0.717, 1.165) is 0 Å². The van der Waals surface area contributed by atoms with Gasteiger partial charge in [0.15, 0.2) is 0 Å². The van der Waals surface area contributed by atoms with E-state index in [2.05, 4.69) is 131 Å². The monoisotopic (exact) mass is 520 g/mol. The van der Waals surface area contributed by atoms with Crippen molar-refractivity contribution >= 4 is 37.5 Å². The Morgan fingerprint density at radius 3 is 1.83 bits per heavy atom. The number of benzene rings is 6. The van der Waals surface area contributed by atoms with E-state index in [4.69, 9.17) is 0 Å². The third kappa shape index (κ3) is 2.03. The minimum absolute atomic E-state index is 0.0702. The van der Waals surface area contributed by atoms with Gasteiger partial charge < -0.3 is 0 Å². The van der Waals surface area contributed by atoms with Crippen molar-refractivity contribution in [1.82, 2.24) is 0 Å². The molecule has 3 aliphatic carbocycles. The molecular formula is C35H21Br. The molecule has 168 valence electrons. The van der Waals surface area contributed by atoms with Gasteiger partial charge in [-0.1, -0.05) is 119 Å². The molecular weight excluding hydrogens is 500 g/mol. The molecule has 0 aromatic heterocycles. The van der Waals surface area contributed by atoms with Crippen LogP contribution in [0.4, 0.5) is 0 Å². The molecule has 9 rings (SSSR count). The van der Waals surface area contributed by atoms with Crippen LogP contribution in [0.15, 0.2) is 120 Å². The van der Waals surface area contributed by atoms with E-state index in [1.54, 1.807) is 0 Å². The Morgan fingerprint density at radius 1 is 0.500 bits per heavy atom. The van der Waals surface area contributed by atoms with E-state index in [9.17, 15) is 0 Å². The van der Waals surface area contributed by atoms with Crippen LogP contribution in [0.3, 0.4) is 0 Å². The largest absolute Gasteiger partial charge is 0.0620 e. The molecule has 6 aromatic rings. The molecule has 0 saturated carbocycles. The topological polar surface area (TPSA) is 0 Å². The Hall–Kier alpha value is -3.68. The van der Waals surface area contributed by atoms with Crippen LogP contribution in [0.5, 0.6) is 0 Å². The van der Waals surface area contributed by atoms with Gasteiger partial charge in [-0.05, 0) is 78.2 Å². The lowest BCUT2D eigenvalue weighted by Gasteiger charge is -2.58. The normalized spacial score (nSPS) is 22.1. The van der Waals surface area contributed by atoms with Crippen molar-refractivity contribution in [2.75, 3.05) is 0 Å². The minimum atomic E-state index is 0.0702. The lowest BCUT2D eigenvalue weighted by molar-refractivity contribution is 0.332. The predicted octanol–water partition coefficient (Wildman–Crippen LogP) is 9.31. The Bertz CT molecular complexity index is 1930. The summed E-state index contributed by atoms with van der Waals surface area (Å²) in [6, 6.07) is 43.1. The molecule has 6 aromatic carbocycles. The zero-order valence-electron chi connectivity index (χ0n) is 19.5. The zero-order chi connectivity index (χ0) is 23.6. The molecule has 1 heteroatoms. The quantitative estimate of drug-likeness (QED) is 0.189. The van der Waals surface area contributed by atoms with Gasteiger partial charge >= 0.3 is 0 Å². The smallest absolute Gasteiger partial charge is 0.0427 e. The number of rotatable bonds is 1. The number of halogens is 1. The van der Waals surface area contributed by atoms with Crippen molar-refractivity contribution in [2.24, 2.45) is 0 Å². The molecule has 0 heterocycles. The summed E-state index contributed by atoms with van der Waals surface area (Å²) in [5.41, 5.74) is 11.9. The maximum Gasteiger partial charge on any atom is 0.0427 e. The highest BCUT2D eigenvalue weighted by atomic mass is 79.9. The summed E-state index contributed by atoms with van der Waals surface area (Å²) < 4.78 is 1.24. The minimum Gasteiger partial charge on any atom is -0.0620 e. The molecule has 0 N–H and O–H groups in total. The number of fused-ring (bicyclic) bond motifs is 10. The summed E-state index contributed by atoms with van der Waals surface area (Å²) in [5.74, 6) is 0.797. The number of hydrogen-bond donors (Lipinski definition) is 0. The molecule has 36 heavy (non-hydrogen) atoms. The molecule has 0 fully saturated rings. The average Bonchev–Trinajstić information content (AvgIpc) is 3.14. The van der Waals surface area contributed by atoms with E-state index < -0.39 is 0 Å². The molecule has 3 atom stereocenters. The van der Waals surface area contributed by atoms with Gasteiger partial charge in [-0.25, -0.2) is 0 Å². The first-order valence-corrected chi connectivity index (χ1v) is 13.5. The summed E-state index contributed by atoms with van der Waals surface area (Å²) in [7, 11) is 0. The first-order chi connectivity index (χ1) is 17.8. The molecule has 0 amide bonds. The van der Waals surface area contributed by atoms with Gasteiger partial charge in [-0.2, -0.15) is 0 Å². The molecule has 0 saturated heterocycles. The van der Waals surface area contributed by atoms with E-state index in [0.29, 0.717) is 11.8 Å². The fourth-order valence-corrected chi connectivity index (χ4v) is 8.59. The van der Waals surface area contributed by atoms with Crippen molar-refractivity contribution in [3.8, 4) is 11.1 Å². The van der Waals surface area contributed by atoms with Crippen molar-refractivity contribution in [2.45, 2.75) is 17.3 Å². The highest BCUT2D eigenvalue weighted by Gasteiger charge is 2.70. The van der Waals surface area contributed by atoms with Gasteiger partial charge in [0.25, 0.3) is 0 Å². The van der Waals surface area contributed by atoms with Crippen LogP contribution in [0.25, 0.3) is 32.7 Å². The first-order valence-electron chi connectivity index (χ1n) is 12.7. The standard InChI is InChI=1S/C35H21Br/c36-30-18-17-24(27-19-20-9-1-2-10-21(20)22-11-3-4-12-23(22)27)31-32(30)34-26-14-6-8-16-29(26)35(34)28-15-7-5-13-25(28)33(31)35/h1-19,33-34H. The highest BCUT2D eigenvalue weighted by Crippen LogP contribution is 2.78. The molecule has 0 bridgehead atoms. The van der Waals surface area contributed by atoms with Gasteiger partial charge in [0.1, 0.15) is 0 Å². The van der Waals surface area contributed by atoms with Crippen molar-refractivity contribution in [3.63, 3.8) is 0 Å². The molecule has 1 spiro atoms. The van der Waals surface area contributed by atoms with Crippen molar-refractivity contribution < 1.29 is 0 Å². The lowest BCUT2D eigenvalue weighted by atomic mass is 9.43. The Morgan fingerprint density at radius 2 is 1.08 bits per heavy atom. The highest BCUT2D eigenvalue weighted by molar-refractivity contribution is 9.10. The Kier molecular flexibility index (Phi) is 3.55. The van der Waals surface area contributed by atoms with Crippen molar-refractivity contribution in [3.05, 3.63) is 153 Å². The van der Waals surface area contributed by atoms with E-state index in [1.807, 2.05) is 0 Å². The fraction of sp³-hybridized carbons (Fsp3) is 0.0857. The summed E-state index contributed by atoms with van der Waals surface area (Å²) in [5, 5.41) is 5.29. The maximum atomic E-state index is 4.02. The molecule has 3 unspecified atom stereocenters. The van der Waals surface area contributed by atoms with Crippen LogP contribution in [0.2, 0.25) is 0 Å². The average molecular weight is 521 g/mol. The zero-order valence-corrected chi connectivity index (χ0v) is 21.1. The van der Waals surface area contributed by atoms with Crippen LogP contribution in [0, 0.1) is 0 Å². The first kappa shape index (κ1) is 19.5. The number of hydrogen-bond acceptors (Lipinski definition) is 0. The molecule has 0 nitrogen and oxygen atoms in total. The summed E-state index contributed by atoms with van der Waals surface area (Å²) >= 11 is 4.02. The van der Waals surface area contributed by atoms with Crippen LogP contribution < -0.4 is 0 Å². The fourth-order valence-electron chi connectivity index (χ4n) is 8.01. The lowest BCUT2D eigenvalue weighted by Crippen LogP contribution is -2.52. The molecule has 3 aliphatic rings. The SMILES string of the molecule is Brc1ccc(-c2cc3ccccc3c3ccccc23)c2c1C1c3ccccc3C13c1ccccc1C23. The maximum absolute atomic E-state index is 4.02. The third-order valence-corrected chi connectivity index (χ3v) is 9.91.